The topological polar surface area (TPSA) is 137 Å². The number of amides is 4. The monoisotopic (exact) mass is 719 g/mol. The summed E-state index contributed by atoms with van der Waals surface area (Å²) in [6.45, 7) is 3.33. The molecule has 14 heteroatoms. The van der Waals surface area contributed by atoms with Crippen molar-refractivity contribution >= 4 is 39.0 Å². The summed E-state index contributed by atoms with van der Waals surface area (Å²) in [6.07, 6.45) is 6.27. The molecule has 0 spiro atoms. The number of hydrogen-bond donors (Lipinski definition) is 2. The third kappa shape index (κ3) is 6.57. The van der Waals surface area contributed by atoms with E-state index in [0.717, 1.165) is 76.6 Å². The summed E-state index contributed by atoms with van der Waals surface area (Å²) >= 11 is 0. The lowest BCUT2D eigenvalue weighted by molar-refractivity contribution is -0.133. The van der Waals surface area contributed by atoms with Gasteiger partial charge in [-0.2, -0.15) is 12.7 Å². The maximum Gasteiger partial charge on any atom is 0.318 e. The van der Waals surface area contributed by atoms with E-state index in [1.54, 1.807) is 26.3 Å². The van der Waals surface area contributed by atoms with Crippen LogP contribution in [-0.4, -0.2) is 123 Å². The predicted molar refractivity (Wildman–Crippen MR) is 195 cm³/mol. The first-order valence-electron chi connectivity index (χ1n) is 17.9. The van der Waals surface area contributed by atoms with E-state index >= 15 is 0 Å². The van der Waals surface area contributed by atoms with Crippen molar-refractivity contribution in [2.24, 2.45) is 0 Å². The van der Waals surface area contributed by atoms with Gasteiger partial charge in [0.1, 0.15) is 12.3 Å². The Hall–Kier alpha value is -4.14. The summed E-state index contributed by atoms with van der Waals surface area (Å²) in [5, 5.41) is 4.39. The van der Waals surface area contributed by atoms with Crippen molar-refractivity contribution in [3.05, 3.63) is 53.1 Å². The summed E-state index contributed by atoms with van der Waals surface area (Å²) in [5.74, 6) is 0.269. The molecular weight excluding hydrogens is 671 g/mol. The number of benzene rings is 2. The summed E-state index contributed by atoms with van der Waals surface area (Å²) in [6, 6.07) is 11.3. The van der Waals surface area contributed by atoms with Crippen LogP contribution in [0.1, 0.15) is 71.8 Å². The zero-order valence-corrected chi connectivity index (χ0v) is 31.0. The number of carbonyl (C=O) groups is 3. The molecule has 2 unspecified atom stereocenters. The van der Waals surface area contributed by atoms with Gasteiger partial charge in [-0.3, -0.25) is 9.59 Å². The van der Waals surface area contributed by atoms with Crippen LogP contribution in [0, 0.1) is 0 Å². The summed E-state index contributed by atoms with van der Waals surface area (Å²) < 4.78 is 36.2. The summed E-state index contributed by atoms with van der Waals surface area (Å²) in [7, 11) is 4.09. The molecule has 1 aromatic heterocycles. The Balaban J connectivity index is 1.30. The van der Waals surface area contributed by atoms with E-state index in [4.69, 9.17) is 4.74 Å². The number of likely N-dealkylation sites (N-methyl/N-ethyl adjacent to an activating group) is 2. The molecule has 0 radical (unpaired) electrons. The molecule has 3 aromatic rings. The Morgan fingerprint density at radius 3 is 2.39 bits per heavy atom. The number of fused-ring (bicyclic) bond motifs is 7. The number of nitrogens with zero attached hydrogens (tertiary/aromatic N) is 5. The van der Waals surface area contributed by atoms with Crippen LogP contribution < -0.4 is 14.8 Å². The largest absolute Gasteiger partial charge is 0.497 e. The molecule has 7 rings (SSSR count). The number of carbonyl (C=O) groups excluding carboxylic acids is 3. The highest BCUT2D eigenvalue weighted by Crippen LogP contribution is 2.60. The molecule has 1 saturated heterocycles. The molecule has 274 valence electrons. The average Bonchev–Trinajstić information content (AvgIpc) is 3.74. The minimum atomic E-state index is -4.00. The van der Waals surface area contributed by atoms with Crippen LogP contribution >= 0.6 is 0 Å². The van der Waals surface area contributed by atoms with Gasteiger partial charge in [-0.15, -0.1) is 0 Å². The molecular formula is C37H49N7O6S. The van der Waals surface area contributed by atoms with E-state index in [9.17, 15) is 22.8 Å². The van der Waals surface area contributed by atoms with Crippen molar-refractivity contribution in [1.29, 1.82) is 0 Å². The van der Waals surface area contributed by atoms with E-state index in [1.165, 1.54) is 31.0 Å². The number of urea groups is 1. The van der Waals surface area contributed by atoms with Gasteiger partial charge >= 0.3 is 16.2 Å². The van der Waals surface area contributed by atoms with Gasteiger partial charge in [0.25, 0.3) is 5.91 Å². The number of nitrogens with one attached hydrogen (secondary N) is 2. The van der Waals surface area contributed by atoms with Crippen molar-refractivity contribution in [2.75, 3.05) is 68.0 Å². The molecule has 3 fully saturated rings. The van der Waals surface area contributed by atoms with Crippen molar-refractivity contribution in [3.8, 4) is 17.0 Å². The predicted octanol–water partition coefficient (Wildman–Crippen LogP) is 3.56. The third-order valence-electron chi connectivity index (χ3n) is 11.4. The maximum atomic E-state index is 13.9. The minimum absolute atomic E-state index is 0.000783. The lowest BCUT2D eigenvalue weighted by Crippen LogP contribution is -2.53. The van der Waals surface area contributed by atoms with Crippen LogP contribution in [0.3, 0.4) is 0 Å². The molecule has 4 amide bonds. The number of rotatable bonds is 8. The van der Waals surface area contributed by atoms with Crippen LogP contribution in [0.15, 0.2) is 36.4 Å². The lowest BCUT2D eigenvalue weighted by Gasteiger charge is -2.33. The van der Waals surface area contributed by atoms with Crippen molar-refractivity contribution in [1.82, 2.24) is 33.6 Å². The smallest absolute Gasteiger partial charge is 0.318 e. The molecule has 2 aliphatic heterocycles. The molecule has 2 aliphatic carbocycles. The van der Waals surface area contributed by atoms with Gasteiger partial charge in [0.15, 0.2) is 0 Å². The molecule has 2 aromatic carbocycles. The highest BCUT2D eigenvalue weighted by molar-refractivity contribution is 7.87. The minimum Gasteiger partial charge on any atom is -0.497 e. The number of hydrogen-bond acceptors (Lipinski definition) is 7. The fourth-order valence-corrected chi connectivity index (χ4v) is 8.84. The van der Waals surface area contributed by atoms with E-state index in [2.05, 4.69) is 31.6 Å². The second-order valence-electron chi connectivity index (χ2n) is 15.0. The Bertz CT molecular complexity index is 1980. The van der Waals surface area contributed by atoms with E-state index in [-0.39, 0.29) is 30.0 Å². The first kappa shape index (κ1) is 35.3. The molecule has 13 nitrogen and oxygen atoms in total. The Labute approximate surface area is 300 Å². The fraction of sp³-hybridized carbons (Fsp3) is 0.541. The molecule has 0 bridgehead atoms. The molecule has 2 saturated carbocycles. The highest BCUT2D eigenvalue weighted by atomic mass is 32.2. The van der Waals surface area contributed by atoms with Crippen LogP contribution in [0.4, 0.5) is 4.79 Å². The van der Waals surface area contributed by atoms with Crippen molar-refractivity contribution < 1.29 is 27.5 Å². The number of methoxy groups -OCH3 is 1. The third-order valence-corrected chi connectivity index (χ3v) is 12.8. The van der Waals surface area contributed by atoms with Gasteiger partial charge in [-0.1, -0.05) is 25.3 Å². The quantitative estimate of drug-likeness (QED) is 0.364. The molecule has 51 heavy (non-hydrogen) atoms. The second kappa shape index (κ2) is 13.4. The van der Waals surface area contributed by atoms with Gasteiger partial charge in [0, 0.05) is 81.8 Å². The average molecular weight is 720 g/mol. The summed E-state index contributed by atoms with van der Waals surface area (Å²) in [5.41, 5.74) is 4.88. The molecule has 3 heterocycles. The number of piperazine rings is 1. The van der Waals surface area contributed by atoms with E-state index < -0.39 is 21.7 Å². The van der Waals surface area contributed by atoms with E-state index in [1.807, 2.05) is 24.1 Å². The van der Waals surface area contributed by atoms with Crippen molar-refractivity contribution in [3.63, 3.8) is 0 Å². The Kier molecular flexibility index (Phi) is 9.30. The first-order chi connectivity index (χ1) is 24.3. The zero-order valence-electron chi connectivity index (χ0n) is 30.2. The van der Waals surface area contributed by atoms with Gasteiger partial charge in [0.05, 0.1) is 18.3 Å². The van der Waals surface area contributed by atoms with Crippen LogP contribution in [-0.2, 0) is 21.5 Å². The molecule has 2 N–H and O–H groups in total. The van der Waals surface area contributed by atoms with Gasteiger partial charge in [-0.25, -0.2) is 9.52 Å². The zero-order chi connectivity index (χ0) is 36.2. The van der Waals surface area contributed by atoms with Crippen molar-refractivity contribution in [2.45, 2.75) is 62.4 Å². The first-order valence-corrected chi connectivity index (χ1v) is 19.3. The van der Waals surface area contributed by atoms with E-state index in [0.29, 0.717) is 32.0 Å². The SMILES string of the molecule is COc1ccc2c(c1)C1CC1(NC(=O)N(C)CC(=O)N1CCN(C)CC1)Cn1c-2c(C2CCCCC2)c2ccc(C(=O)NS(=O)(=O)N(C)C)cc21. The standard InChI is InChI=1S/C37H49N7O6S/c1-40(2)51(48,49)39-35(46)25-11-13-28-31(19-25)44-23-37(38-36(47)42(4)22-32(45)43-17-15-41(3)16-18-43)21-30(37)29-20-26(50-5)12-14-27(29)34(44)33(28)24-9-7-6-8-10-24/h11-14,19-20,24,30H,6-10,15-18,21-23H2,1-5H3,(H,38,47)(H,39,46). The number of aromatic nitrogens is 1. The Morgan fingerprint density at radius 2 is 1.71 bits per heavy atom. The highest BCUT2D eigenvalue weighted by Gasteiger charge is 2.59. The molecule has 2 atom stereocenters. The molecule has 4 aliphatic rings. The van der Waals surface area contributed by atoms with Gasteiger partial charge < -0.3 is 29.3 Å². The lowest BCUT2D eigenvalue weighted by atomic mass is 9.81. The van der Waals surface area contributed by atoms with Crippen LogP contribution in [0.2, 0.25) is 0 Å². The van der Waals surface area contributed by atoms with Crippen LogP contribution in [0.5, 0.6) is 5.75 Å². The number of ether oxygens (including phenoxy) is 1. The maximum absolute atomic E-state index is 13.9. The van der Waals surface area contributed by atoms with Gasteiger partial charge in [-0.05, 0) is 73.7 Å². The van der Waals surface area contributed by atoms with Crippen LogP contribution in [0.25, 0.3) is 22.2 Å². The second-order valence-corrected chi connectivity index (χ2v) is 16.9. The fourth-order valence-electron chi connectivity index (χ4n) is 8.30. The van der Waals surface area contributed by atoms with Gasteiger partial charge in [0.2, 0.25) is 5.91 Å². The normalized spacial score (nSPS) is 22.1. The summed E-state index contributed by atoms with van der Waals surface area (Å²) in [4.78, 5) is 45.9. The Morgan fingerprint density at radius 1 is 0.980 bits per heavy atom.